The molecule has 0 aromatic heterocycles. The Kier molecular flexibility index (Phi) is 3.08. The molecular weight excluding hydrogens is 234 g/mol. The zero-order chi connectivity index (χ0) is 13.2. The summed E-state index contributed by atoms with van der Waals surface area (Å²) < 4.78 is 0. The first kappa shape index (κ1) is 12.0. The van der Waals surface area contributed by atoms with Gasteiger partial charge in [-0.15, -0.1) is 0 Å². The van der Waals surface area contributed by atoms with Crippen LogP contribution in [0.1, 0.15) is 22.3 Å². The quantitative estimate of drug-likeness (QED) is 0.803. The van der Waals surface area contributed by atoms with Crippen molar-refractivity contribution in [2.45, 2.75) is 26.4 Å². The van der Waals surface area contributed by atoms with E-state index in [9.17, 15) is 4.79 Å². The molecular formula is C17H17NO. The first-order chi connectivity index (χ1) is 9.22. The molecule has 0 aliphatic carbocycles. The number of hydrogen-bond donors (Lipinski definition) is 0. The van der Waals surface area contributed by atoms with Crippen LogP contribution in [-0.4, -0.2) is 10.8 Å². The molecule has 0 bridgehead atoms. The molecule has 3 rings (SSSR count). The van der Waals surface area contributed by atoms with Crippen molar-refractivity contribution in [1.29, 1.82) is 0 Å². The average Bonchev–Trinajstić information content (AvgIpc) is 2.42. The molecule has 1 amide bonds. The molecule has 96 valence electrons. The van der Waals surface area contributed by atoms with E-state index in [4.69, 9.17) is 0 Å². The van der Waals surface area contributed by atoms with E-state index in [0.29, 0.717) is 13.0 Å². The molecule has 2 aromatic rings. The maximum Gasteiger partial charge on any atom is 0.227 e. The highest BCUT2D eigenvalue weighted by Crippen LogP contribution is 2.21. The molecule has 2 aromatic carbocycles. The van der Waals surface area contributed by atoms with Crippen molar-refractivity contribution in [3.8, 4) is 0 Å². The van der Waals surface area contributed by atoms with E-state index in [1.165, 1.54) is 22.3 Å². The highest BCUT2D eigenvalue weighted by atomic mass is 16.2. The molecule has 19 heavy (non-hydrogen) atoms. The van der Waals surface area contributed by atoms with Crippen LogP contribution < -0.4 is 0 Å². The second-order valence-corrected chi connectivity index (χ2v) is 5.18. The summed E-state index contributed by atoms with van der Waals surface area (Å²) in [6.45, 7) is 3.50. The second kappa shape index (κ2) is 4.88. The molecule has 0 fully saturated rings. The second-order valence-electron chi connectivity index (χ2n) is 5.18. The largest absolute Gasteiger partial charge is 0.334 e. The van der Waals surface area contributed by atoms with Crippen molar-refractivity contribution in [2.75, 3.05) is 0 Å². The summed E-state index contributed by atoms with van der Waals surface area (Å²) in [4.78, 5) is 14.1. The minimum atomic E-state index is 0.222. The van der Waals surface area contributed by atoms with Gasteiger partial charge in [-0.25, -0.2) is 0 Å². The van der Waals surface area contributed by atoms with Crippen LogP contribution in [0.3, 0.4) is 0 Å². The number of benzene rings is 2. The Balaban J connectivity index is 1.79. The SMILES string of the molecule is Cc1ccc(CN2Cc3ccccc3CC2=O)cc1. The fraction of sp³-hybridized carbons (Fsp3) is 0.235. The van der Waals surface area contributed by atoms with Crippen LogP contribution in [0.2, 0.25) is 0 Å². The topological polar surface area (TPSA) is 20.3 Å². The Labute approximate surface area is 113 Å². The molecule has 0 spiro atoms. The summed E-state index contributed by atoms with van der Waals surface area (Å²) in [5.41, 5.74) is 4.89. The van der Waals surface area contributed by atoms with Crippen LogP contribution in [0.25, 0.3) is 0 Å². The fourth-order valence-electron chi connectivity index (χ4n) is 2.51. The van der Waals surface area contributed by atoms with Crippen LogP contribution in [0, 0.1) is 6.92 Å². The highest BCUT2D eigenvalue weighted by Gasteiger charge is 2.22. The van der Waals surface area contributed by atoms with Gasteiger partial charge < -0.3 is 4.90 Å². The van der Waals surface area contributed by atoms with Gasteiger partial charge in [0.25, 0.3) is 0 Å². The standard InChI is InChI=1S/C17H17NO/c1-13-6-8-14(9-7-13)11-18-12-16-5-3-2-4-15(16)10-17(18)19/h2-9H,10-12H2,1H3. The van der Waals surface area contributed by atoms with Gasteiger partial charge in [-0.1, -0.05) is 54.1 Å². The van der Waals surface area contributed by atoms with Crippen molar-refractivity contribution in [1.82, 2.24) is 4.90 Å². The molecule has 0 atom stereocenters. The number of aryl methyl sites for hydroxylation is 1. The third kappa shape index (κ3) is 2.53. The van der Waals surface area contributed by atoms with Crippen molar-refractivity contribution in [3.05, 3.63) is 70.8 Å². The number of fused-ring (bicyclic) bond motifs is 1. The predicted molar refractivity (Wildman–Crippen MR) is 75.6 cm³/mol. The molecule has 1 heterocycles. The minimum absolute atomic E-state index is 0.222. The maximum atomic E-state index is 12.2. The molecule has 0 saturated carbocycles. The van der Waals surface area contributed by atoms with Gasteiger partial charge in [0.1, 0.15) is 0 Å². The fourth-order valence-corrected chi connectivity index (χ4v) is 2.51. The Hall–Kier alpha value is -2.09. The highest BCUT2D eigenvalue weighted by molar-refractivity contribution is 5.80. The number of carbonyl (C=O) groups is 1. The van der Waals surface area contributed by atoms with E-state index in [-0.39, 0.29) is 5.91 Å². The number of carbonyl (C=O) groups excluding carboxylic acids is 1. The number of nitrogens with zero attached hydrogens (tertiary/aromatic N) is 1. The lowest BCUT2D eigenvalue weighted by Crippen LogP contribution is -2.35. The zero-order valence-electron chi connectivity index (χ0n) is 11.1. The van der Waals surface area contributed by atoms with E-state index in [1.54, 1.807) is 0 Å². The number of amides is 1. The van der Waals surface area contributed by atoms with Gasteiger partial charge in [-0.3, -0.25) is 4.79 Å². The lowest BCUT2D eigenvalue weighted by molar-refractivity contribution is -0.132. The van der Waals surface area contributed by atoms with Crippen LogP contribution in [0.4, 0.5) is 0 Å². The first-order valence-corrected chi connectivity index (χ1v) is 6.62. The third-order valence-corrected chi connectivity index (χ3v) is 3.67. The van der Waals surface area contributed by atoms with Crippen LogP contribution >= 0.6 is 0 Å². The smallest absolute Gasteiger partial charge is 0.227 e. The van der Waals surface area contributed by atoms with Gasteiger partial charge >= 0.3 is 0 Å². The van der Waals surface area contributed by atoms with Gasteiger partial charge in [0.2, 0.25) is 5.91 Å². The van der Waals surface area contributed by atoms with Crippen LogP contribution in [0.5, 0.6) is 0 Å². The molecule has 2 heteroatoms. The third-order valence-electron chi connectivity index (χ3n) is 3.67. The Morgan fingerprint density at radius 1 is 1.00 bits per heavy atom. The molecule has 0 unspecified atom stereocenters. The van der Waals surface area contributed by atoms with E-state index in [2.05, 4.69) is 43.3 Å². The molecule has 0 radical (unpaired) electrons. The monoisotopic (exact) mass is 251 g/mol. The first-order valence-electron chi connectivity index (χ1n) is 6.62. The van der Waals surface area contributed by atoms with E-state index in [0.717, 1.165) is 6.54 Å². The minimum Gasteiger partial charge on any atom is -0.334 e. The Morgan fingerprint density at radius 2 is 1.68 bits per heavy atom. The Morgan fingerprint density at radius 3 is 2.42 bits per heavy atom. The van der Waals surface area contributed by atoms with Gasteiger partial charge in [0.15, 0.2) is 0 Å². The lowest BCUT2D eigenvalue weighted by Gasteiger charge is -2.28. The molecule has 2 nitrogen and oxygen atoms in total. The number of hydrogen-bond acceptors (Lipinski definition) is 1. The maximum absolute atomic E-state index is 12.2. The molecule has 0 N–H and O–H groups in total. The van der Waals surface area contributed by atoms with Crippen molar-refractivity contribution < 1.29 is 4.79 Å². The van der Waals surface area contributed by atoms with Crippen LogP contribution in [0.15, 0.2) is 48.5 Å². The van der Waals surface area contributed by atoms with Gasteiger partial charge in [-0.2, -0.15) is 0 Å². The van der Waals surface area contributed by atoms with Gasteiger partial charge in [0.05, 0.1) is 6.42 Å². The summed E-state index contributed by atoms with van der Waals surface area (Å²) in [6, 6.07) is 16.6. The lowest BCUT2D eigenvalue weighted by atomic mass is 9.99. The molecule has 0 saturated heterocycles. The molecule has 1 aliphatic rings. The molecule has 1 aliphatic heterocycles. The van der Waals surface area contributed by atoms with Gasteiger partial charge in [-0.05, 0) is 23.6 Å². The van der Waals surface area contributed by atoms with Gasteiger partial charge in [0, 0.05) is 13.1 Å². The van der Waals surface area contributed by atoms with E-state index < -0.39 is 0 Å². The zero-order valence-corrected chi connectivity index (χ0v) is 11.1. The average molecular weight is 251 g/mol. The van der Waals surface area contributed by atoms with Crippen molar-refractivity contribution in [2.24, 2.45) is 0 Å². The van der Waals surface area contributed by atoms with Crippen LogP contribution in [-0.2, 0) is 24.3 Å². The summed E-state index contributed by atoms with van der Waals surface area (Å²) in [5, 5.41) is 0. The summed E-state index contributed by atoms with van der Waals surface area (Å²) in [7, 11) is 0. The van der Waals surface area contributed by atoms with Crippen molar-refractivity contribution in [3.63, 3.8) is 0 Å². The Bertz CT molecular complexity index is 601. The van der Waals surface area contributed by atoms with Crippen molar-refractivity contribution >= 4 is 5.91 Å². The van der Waals surface area contributed by atoms with E-state index >= 15 is 0 Å². The number of rotatable bonds is 2. The summed E-state index contributed by atoms with van der Waals surface area (Å²) in [6.07, 6.45) is 0.530. The normalized spacial score (nSPS) is 14.4. The van der Waals surface area contributed by atoms with E-state index in [1.807, 2.05) is 17.0 Å². The summed E-state index contributed by atoms with van der Waals surface area (Å²) >= 11 is 0. The predicted octanol–water partition coefficient (Wildman–Crippen LogP) is 3.08. The summed E-state index contributed by atoms with van der Waals surface area (Å²) in [5.74, 6) is 0.222.